The number of H-pyrrole nitrogens is 1. The Morgan fingerprint density at radius 2 is 2.37 bits per heavy atom. The van der Waals surface area contributed by atoms with Crippen LogP contribution in [0.2, 0.25) is 0 Å². The summed E-state index contributed by atoms with van der Waals surface area (Å²) in [5.74, 6) is 9.17. The predicted molar refractivity (Wildman–Crippen MR) is 73.3 cm³/mol. The van der Waals surface area contributed by atoms with Gasteiger partial charge in [0.2, 0.25) is 0 Å². The summed E-state index contributed by atoms with van der Waals surface area (Å²) >= 11 is 0. The molecule has 1 atom stereocenters. The summed E-state index contributed by atoms with van der Waals surface area (Å²) in [5, 5.41) is 9.03. The molecule has 19 heavy (non-hydrogen) atoms. The van der Waals surface area contributed by atoms with Crippen LogP contribution in [0.5, 0.6) is 0 Å². The first-order valence-electron chi connectivity index (χ1n) is 5.66. The number of imidazole rings is 1. The zero-order valence-electron chi connectivity index (χ0n) is 10.3. The molecule has 1 aromatic heterocycles. The van der Waals surface area contributed by atoms with Gasteiger partial charge in [-0.1, -0.05) is 30.6 Å². The summed E-state index contributed by atoms with van der Waals surface area (Å²) in [7, 11) is 0. The highest BCUT2D eigenvalue weighted by Crippen LogP contribution is 2.32. The largest absolute Gasteiger partial charge is 0.338 e. The van der Waals surface area contributed by atoms with Gasteiger partial charge in [0.25, 0.3) is 0 Å². The maximum Gasteiger partial charge on any atom is 0.182 e. The molecule has 0 fully saturated rings. The molecule has 90 valence electrons. The van der Waals surface area contributed by atoms with Gasteiger partial charge in [-0.15, -0.1) is 6.42 Å². The number of hydrogen-bond acceptors (Lipinski definition) is 2. The Balaban J connectivity index is 2.24. The van der Waals surface area contributed by atoms with Crippen LogP contribution in [-0.4, -0.2) is 9.97 Å². The SMILES string of the molecule is C#CC1(CC#Cc2ncc[nH]2)C=CC(=C)C(C#N)=C1. The van der Waals surface area contributed by atoms with E-state index < -0.39 is 5.41 Å². The van der Waals surface area contributed by atoms with E-state index in [0.29, 0.717) is 23.4 Å². The monoisotopic (exact) mass is 245 g/mol. The van der Waals surface area contributed by atoms with Crippen molar-refractivity contribution >= 4 is 0 Å². The zero-order valence-corrected chi connectivity index (χ0v) is 10.3. The van der Waals surface area contributed by atoms with Crippen LogP contribution in [-0.2, 0) is 0 Å². The Hall–Kier alpha value is -2.96. The highest BCUT2D eigenvalue weighted by molar-refractivity contribution is 5.54. The van der Waals surface area contributed by atoms with Crippen LogP contribution in [0.3, 0.4) is 0 Å². The van der Waals surface area contributed by atoms with Gasteiger partial charge in [-0.2, -0.15) is 5.26 Å². The first-order chi connectivity index (χ1) is 9.19. The lowest BCUT2D eigenvalue weighted by Gasteiger charge is -2.22. The molecule has 2 rings (SSSR count). The van der Waals surface area contributed by atoms with Crippen LogP contribution in [0.25, 0.3) is 0 Å². The lowest BCUT2D eigenvalue weighted by molar-refractivity contribution is 0.674. The molecule has 0 aliphatic heterocycles. The summed E-state index contributed by atoms with van der Waals surface area (Å²) in [5.41, 5.74) is 0.527. The van der Waals surface area contributed by atoms with E-state index in [1.54, 1.807) is 24.5 Å². The van der Waals surface area contributed by atoms with Gasteiger partial charge in [0.1, 0.15) is 0 Å². The Kier molecular flexibility index (Phi) is 3.37. The molecule has 1 aliphatic rings. The molecule has 0 radical (unpaired) electrons. The second kappa shape index (κ2) is 5.13. The van der Waals surface area contributed by atoms with Crippen LogP contribution in [0, 0.1) is 40.9 Å². The van der Waals surface area contributed by atoms with Gasteiger partial charge in [0, 0.05) is 18.8 Å². The van der Waals surface area contributed by atoms with Crippen LogP contribution in [0.15, 0.2) is 48.3 Å². The minimum Gasteiger partial charge on any atom is -0.338 e. The number of aromatic amines is 1. The Bertz CT molecular complexity index is 694. The Morgan fingerprint density at radius 1 is 1.53 bits per heavy atom. The van der Waals surface area contributed by atoms with E-state index in [1.165, 1.54) is 0 Å². The van der Waals surface area contributed by atoms with Gasteiger partial charge in [0.05, 0.1) is 17.1 Å². The van der Waals surface area contributed by atoms with E-state index in [4.69, 9.17) is 11.7 Å². The minimum atomic E-state index is -0.647. The zero-order chi connectivity index (χ0) is 13.7. The first-order valence-corrected chi connectivity index (χ1v) is 5.66. The summed E-state index contributed by atoms with van der Waals surface area (Å²) < 4.78 is 0. The number of nitriles is 1. The third-order valence-electron chi connectivity index (χ3n) is 2.80. The number of rotatable bonds is 1. The topological polar surface area (TPSA) is 52.5 Å². The van der Waals surface area contributed by atoms with E-state index in [9.17, 15) is 0 Å². The molecule has 1 heterocycles. The van der Waals surface area contributed by atoms with Crippen molar-refractivity contribution in [2.24, 2.45) is 5.41 Å². The molecule has 0 bridgehead atoms. The van der Waals surface area contributed by atoms with Crippen molar-refractivity contribution < 1.29 is 0 Å². The summed E-state index contributed by atoms with van der Waals surface area (Å²) in [6.45, 7) is 3.79. The maximum absolute atomic E-state index is 9.03. The van der Waals surface area contributed by atoms with Crippen molar-refractivity contribution in [3.8, 4) is 30.3 Å². The highest BCUT2D eigenvalue weighted by Gasteiger charge is 2.25. The fourth-order valence-corrected chi connectivity index (χ4v) is 1.70. The molecule has 1 aliphatic carbocycles. The molecule has 3 heteroatoms. The van der Waals surface area contributed by atoms with E-state index in [2.05, 4.69) is 40.4 Å². The number of allylic oxidation sites excluding steroid dienone is 5. The lowest BCUT2D eigenvalue weighted by atomic mass is 9.79. The fourth-order valence-electron chi connectivity index (χ4n) is 1.70. The Labute approximate surface area is 112 Å². The van der Waals surface area contributed by atoms with Gasteiger partial charge < -0.3 is 4.98 Å². The first kappa shape index (κ1) is 12.5. The average molecular weight is 245 g/mol. The summed E-state index contributed by atoms with van der Waals surface area (Å²) in [6, 6.07) is 2.09. The lowest BCUT2D eigenvalue weighted by Crippen LogP contribution is -2.15. The Morgan fingerprint density at radius 3 is 3.00 bits per heavy atom. The molecule has 3 nitrogen and oxygen atoms in total. The number of hydrogen-bond donors (Lipinski definition) is 1. The molecular formula is C16H11N3. The van der Waals surface area contributed by atoms with Crippen LogP contribution in [0.4, 0.5) is 0 Å². The van der Waals surface area contributed by atoms with Crippen molar-refractivity contribution in [1.82, 2.24) is 9.97 Å². The van der Waals surface area contributed by atoms with Gasteiger partial charge in [0.15, 0.2) is 5.82 Å². The van der Waals surface area contributed by atoms with Crippen molar-refractivity contribution in [2.75, 3.05) is 0 Å². The number of nitrogens with zero attached hydrogens (tertiary/aromatic N) is 2. The second-order valence-electron chi connectivity index (χ2n) is 4.13. The summed E-state index contributed by atoms with van der Waals surface area (Å²) in [6.07, 6.45) is 14.7. The van der Waals surface area contributed by atoms with Gasteiger partial charge >= 0.3 is 0 Å². The number of terminal acetylenes is 1. The van der Waals surface area contributed by atoms with Crippen molar-refractivity contribution in [1.29, 1.82) is 5.26 Å². The van der Waals surface area contributed by atoms with E-state index in [0.717, 1.165) is 0 Å². The van der Waals surface area contributed by atoms with Crippen molar-refractivity contribution in [3.05, 3.63) is 54.2 Å². The number of nitrogens with one attached hydrogen (secondary N) is 1. The quantitative estimate of drug-likeness (QED) is 0.772. The molecule has 0 aromatic carbocycles. The normalized spacial score (nSPS) is 20.7. The van der Waals surface area contributed by atoms with E-state index in [1.807, 2.05) is 6.08 Å². The van der Waals surface area contributed by atoms with Crippen molar-refractivity contribution in [3.63, 3.8) is 0 Å². The molecular weight excluding hydrogens is 234 g/mol. The molecule has 0 saturated carbocycles. The van der Waals surface area contributed by atoms with Crippen LogP contribution >= 0.6 is 0 Å². The van der Waals surface area contributed by atoms with E-state index in [-0.39, 0.29) is 0 Å². The summed E-state index contributed by atoms with van der Waals surface area (Å²) in [4.78, 5) is 6.91. The third kappa shape index (κ3) is 2.65. The van der Waals surface area contributed by atoms with Gasteiger partial charge in [-0.3, -0.25) is 0 Å². The molecule has 0 saturated heterocycles. The van der Waals surface area contributed by atoms with Crippen LogP contribution < -0.4 is 0 Å². The smallest absolute Gasteiger partial charge is 0.182 e. The maximum atomic E-state index is 9.03. The standard InChI is InChI=1S/C16H11N3/c1-3-16(7-4-5-15-18-9-10-19-15)8-6-13(2)14(11-16)12-17/h1,6,8-11H,2,7H2,(H,18,19). The fraction of sp³-hybridized carbons (Fsp3) is 0.125. The highest BCUT2D eigenvalue weighted by atomic mass is 14.9. The second-order valence-corrected chi connectivity index (χ2v) is 4.13. The molecule has 0 spiro atoms. The van der Waals surface area contributed by atoms with Gasteiger partial charge in [-0.25, -0.2) is 4.98 Å². The molecule has 1 N–H and O–H groups in total. The third-order valence-corrected chi connectivity index (χ3v) is 2.80. The molecule has 1 unspecified atom stereocenters. The average Bonchev–Trinajstić information content (AvgIpc) is 2.94. The van der Waals surface area contributed by atoms with E-state index >= 15 is 0 Å². The van der Waals surface area contributed by atoms with Gasteiger partial charge in [-0.05, 0) is 17.6 Å². The molecule has 1 aromatic rings. The van der Waals surface area contributed by atoms with Crippen LogP contribution in [0.1, 0.15) is 12.2 Å². The molecule has 0 amide bonds. The minimum absolute atomic E-state index is 0.430. The van der Waals surface area contributed by atoms with Crippen molar-refractivity contribution in [2.45, 2.75) is 6.42 Å². The predicted octanol–water partition coefficient (Wildman–Crippen LogP) is 2.35. The number of aromatic nitrogens is 2.